The molecule has 0 radical (unpaired) electrons. The van der Waals surface area contributed by atoms with Crippen molar-refractivity contribution in [2.45, 2.75) is 19.9 Å². The van der Waals surface area contributed by atoms with Gasteiger partial charge in [0, 0.05) is 32.4 Å². The van der Waals surface area contributed by atoms with Crippen molar-refractivity contribution in [2.24, 2.45) is 0 Å². The fraction of sp³-hybridized carbons (Fsp3) is 0.455. The van der Waals surface area contributed by atoms with Crippen LogP contribution in [-0.4, -0.2) is 38.8 Å². The zero-order chi connectivity index (χ0) is 14.0. The molecule has 0 saturated heterocycles. The summed E-state index contributed by atoms with van der Waals surface area (Å²) in [6, 6.07) is 2.15. The number of halogens is 1. The average Bonchev–Trinajstić information content (AvgIpc) is 2.76. The van der Waals surface area contributed by atoms with Crippen molar-refractivity contribution in [3.63, 3.8) is 0 Å². The maximum absolute atomic E-state index is 5.86. The van der Waals surface area contributed by atoms with Crippen molar-refractivity contribution in [1.29, 1.82) is 0 Å². The van der Waals surface area contributed by atoms with Crippen molar-refractivity contribution >= 4 is 29.3 Å². The van der Waals surface area contributed by atoms with Crippen LogP contribution in [0, 0.1) is 0 Å². The molecule has 102 valence electrons. The Morgan fingerprint density at radius 1 is 1.26 bits per heavy atom. The highest BCUT2D eigenvalue weighted by Gasteiger charge is 2.08. The van der Waals surface area contributed by atoms with Crippen molar-refractivity contribution in [3.05, 3.63) is 17.5 Å². The Labute approximate surface area is 116 Å². The second-order valence-electron chi connectivity index (χ2n) is 4.52. The van der Waals surface area contributed by atoms with Gasteiger partial charge in [-0.05, 0) is 25.4 Å². The summed E-state index contributed by atoms with van der Waals surface area (Å²) in [6.07, 6.45) is 1.89. The van der Waals surface area contributed by atoms with E-state index in [0.29, 0.717) is 23.8 Å². The Bertz CT molecular complexity index is 564. The van der Waals surface area contributed by atoms with Crippen LogP contribution in [0.15, 0.2) is 12.3 Å². The fourth-order valence-corrected chi connectivity index (χ4v) is 1.56. The van der Waals surface area contributed by atoms with E-state index < -0.39 is 0 Å². The van der Waals surface area contributed by atoms with Crippen molar-refractivity contribution in [2.75, 3.05) is 24.3 Å². The molecule has 0 aliphatic heterocycles. The monoisotopic (exact) mass is 281 g/mol. The molecule has 2 rings (SSSR count). The van der Waals surface area contributed by atoms with Gasteiger partial charge in [-0.2, -0.15) is 20.1 Å². The number of nitrogens with one attached hydrogen (secondary N) is 1. The van der Waals surface area contributed by atoms with E-state index in [1.807, 2.05) is 31.0 Å². The van der Waals surface area contributed by atoms with Gasteiger partial charge in [-0.1, -0.05) is 0 Å². The molecule has 0 aromatic carbocycles. The standard InChI is InChI=1S/C11H16ClN7/c1-7(2)19-6-5-8(17-19)13-10-14-9(12)15-11(16-10)18(3)4/h5-7H,1-4H3,(H,13,14,15,16,17). The summed E-state index contributed by atoms with van der Waals surface area (Å²) < 4.78 is 1.85. The summed E-state index contributed by atoms with van der Waals surface area (Å²) >= 11 is 5.86. The van der Waals surface area contributed by atoms with Gasteiger partial charge in [-0.25, -0.2) is 0 Å². The Kier molecular flexibility index (Phi) is 3.84. The van der Waals surface area contributed by atoms with Crippen LogP contribution in [0.4, 0.5) is 17.7 Å². The molecule has 0 aliphatic rings. The Morgan fingerprint density at radius 3 is 2.58 bits per heavy atom. The van der Waals surface area contributed by atoms with E-state index in [1.54, 1.807) is 4.90 Å². The van der Waals surface area contributed by atoms with E-state index in [9.17, 15) is 0 Å². The normalized spacial score (nSPS) is 10.8. The first kappa shape index (κ1) is 13.5. The van der Waals surface area contributed by atoms with E-state index in [-0.39, 0.29) is 5.28 Å². The second-order valence-corrected chi connectivity index (χ2v) is 4.86. The summed E-state index contributed by atoms with van der Waals surface area (Å²) in [5.41, 5.74) is 0. The summed E-state index contributed by atoms with van der Waals surface area (Å²) in [6.45, 7) is 4.11. The lowest BCUT2D eigenvalue weighted by atomic mass is 10.4. The molecule has 0 fully saturated rings. The smallest absolute Gasteiger partial charge is 0.234 e. The fourth-order valence-electron chi connectivity index (χ4n) is 1.40. The predicted molar refractivity (Wildman–Crippen MR) is 75.1 cm³/mol. The van der Waals surface area contributed by atoms with E-state index in [4.69, 9.17) is 11.6 Å². The molecule has 1 N–H and O–H groups in total. The molecule has 7 nitrogen and oxygen atoms in total. The van der Waals surface area contributed by atoms with Gasteiger partial charge in [0.15, 0.2) is 5.82 Å². The van der Waals surface area contributed by atoms with Gasteiger partial charge in [0.1, 0.15) is 0 Å². The van der Waals surface area contributed by atoms with Gasteiger partial charge in [0.05, 0.1) is 0 Å². The summed E-state index contributed by atoms with van der Waals surface area (Å²) in [5.74, 6) is 1.53. The molecule has 2 aromatic rings. The molecular formula is C11H16ClN7. The lowest BCUT2D eigenvalue weighted by molar-refractivity contribution is 0.534. The third-order valence-corrected chi connectivity index (χ3v) is 2.54. The molecular weight excluding hydrogens is 266 g/mol. The minimum atomic E-state index is 0.143. The number of hydrogen-bond donors (Lipinski definition) is 1. The average molecular weight is 282 g/mol. The number of anilines is 3. The molecule has 2 heterocycles. The van der Waals surface area contributed by atoms with Crippen LogP contribution in [0.2, 0.25) is 5.28 Å². The molecule has 2 aromatic heterocycles. The lowest BCUT2D eigenvalue weighted by Gasteiger charge is -2.11. The van der Waals surface area contributed by atoms with Crippen molar-refractivity contribution < 1.29 is 0 Å². The third-order valence-electron chi connectivity index (χ3n) is 2.37. The minimum absolute atomic E-state index is 0.143. The highest BCUT2D eigenvalue weighted by molar-refractivity contribution is 6.28. The van der Waals surface area contributed by atoms with Gasteiger partial charge in [0.2, 0.25) is 17.2 Å². The molecule has 0 atom stereocenters. The summed E-state index contributed by atoms with van der Waals surface area (Å²) in [5, 5.41) is 7.51. The maximum atomic E-state index is 5.86. The first-order chi connectivity index (χ1) is 8.95. The Morgan fingerprint density at radius 2 is 2.00 bits per heavy atom. The molecule has 0 saturated carbocycles. The molecule has 19 heavy (non-hydrogen) atoms. The molecule has 0 spiro atoms. The highest BCUT2D eigenvalue weighted by atomic mass is 35.5. The van der Waals surface area contributed by atoms with Crippen LogP contribution < -0.4 is 10.2 Å². The van der Waals surface area contributed by atoms with Crippen LogP contribution in [0.1, 0.15) is 19.9 Å². The third kappa shape index (κ3) is 3.31. The zero-order valence-corrected chi connectivity index (χ0v) is 12.0. The quantitative estimate of drug-likeness (QED) is 0.925. The SMILES string of the molecule is CC(C)n1ccc(Nc2nc(Cl)nc(N(C)C)n2)n1. The maximum Gasteiger partial charge on any atom is 0.234 e. The van der Waals surface area contributed by atoms with Crippen LogP contribution in [0.3, 0.4) is 0 Å². The minimum Gasteiger partial charge on any atom is -0.347 e. The van der Waals surface area contributed by atoms with E-state index >= 15 is 0 Å². The number of hydrogen-bond acceptors (Lipinski definition) is 6. The second kappa shape index (κ2) is 5.40. The zero-order valence-electron chi connectivity index (χ0n) is 11.3. The number of aromatic nitrogens is 5. The first-order valence-corrected chi connectivity index (χ1v) is 6.24. The topological polar surface area (TPSA) is 71.8 Å². The predicted octanol–water partition coefficient (Wildman–Crippen LogP) is 2.11. The first-order valence-electron chi connectivity index (χ1n) is 5.87. The van der Waals surface area contributed by atoms with Crippen molar-refractivity contribution in [3.8, 4) is 0 Å². The summed E-state index contributed by atoms with van der Waals surface area (Å²) in [4.78, 5) is 14.0. The van der Waals surface area contributed by atoms with E-state index in [1.165, 1.54) is 0 Å². The van der Waals surface area contributed by atoms with Gasteiger partial charge in [-0.15, -0.1) is 0 Å². The Balaban J connectivity index is 2.22. The van der Waals surface area contributed by atoms with E-state index in [0.717, 1.165) is 0 Å². The molecule has 0 aliphatic carbocycles. The molecule has 0 bridgehead atoms. The van der Waals surface area contributed by atoms with E-state index in [2.05, 4.69) is 39.2 Å². The highest BCUT2D eigenvalue weighted by Crippen LogP contribution is 2.16. The van der Waals surface area contributed by atoms with Gasteiger partial charge in [-0.3, -0.25) is 4.68 Å². The lowest BCUT2D eigenvalue weighted by Crippen LogP contribution is -2.14. The molecule has 0 unspecified atom stereocenters. The van der Waals surface area contributed by atoms with Gasteiger partial charge < -0.3 is 10.2 Å². The number of rotatable bonds is 4. The molecule has 8 heteroatoms. The van der Waals surface area contributed by atoms with Crippen molar-refractivity contribution in [1.82, 2.24) is 24.7 Å². The van der Waals surface area contributed by atoms with Crippen LogP contribution in [-0.2, 0) is 0 Å². The Hall–Kier alpha value is -1.89. The van der Waals surface area contributed by atoms with Gasteiger partial charge >= 0.3 is 0 Å². The number of nitrogens with zero attached hydrogens (tertiary/aromatic N) is 6. The summed E-state index contributed by atoms with van der Waals surface area (Å²) in [7, 11) is 3.67. The van der Waals surface area contributed by atoms with Crippen LogP contribution in [0.25, 0.3) is 0 Å². The molecule has 0 amide bonds. The van der Waals surface area contributed by atoms with Gasteiger partial charge in [0.25, 0.3) is 0 Å². The largest absolute Gasteiger partial charge is 0.347 e. The van der Waals surface area contributed by atoms with Crippen LogP contribution in [0.5, 0.6) is 0 Å². The van der Waals surface area contributed by atoms with Crippen LogP contribution >= 0.6 is 11.6 Å².